The van der Waals surface area contributed by atoms with E-state index in [0.29, 0.717) is 0 Å². The lowest BCUT2D eigenvalue weighted by Gasteiger charge is -2.36. The fourth-order valence-electron chi connectivity index (χ4n) is 1.92. The first kappa shape index (κ1) is 10.6. The number of aryl methyl sites for hydroxylation is 1. The van der Waals surface area contributed by atoms with Gasteiger partial charge in [-0.25, -0.2) is 0 Å². The van der Waals surface area contributed by atoms with Gasteiger partial charge in [-0.15, -0.1) is 0 Å². The Morgan fingerprint density at radius 1 is 1.60 bits per heavy atom. The first-order valence-electron chi connectivity index (χ1n) is 5.59. The molecule has 1 aliphatic rings. The Bertz CT molecular complexity index is 317. The monoisotopic (exact) mass is 209 g/mol. The smallest absolute Gasteiger partial charge is 0.0771 e. The van der Waals surface area contributed by atoms with Crippen LogP contribution >= 0.6 is 0 Å². The topological polar surface area (TPSA) is 50.1 Å². The molecule has 0 radical (unpaired) electrons. The quantitative estimate of drug-likeness (QED) is 0.693. The van der Waals surface area contributed by atoms with E-state index in [1.54, 1.807) is 0 Å². The van der Waals surface area contributed by atoms with Crippen LogP contribution in [-0.2, 0) is 13.5 Å². The summed E-state index contributed by atoms with van der Waals surface area (Å²) in [6, 6.07) is 0. The van der Waals surface area contributed by atoms with Crippen molar-refractivity contribution in [3.63, 3.8) is 0 Å². The summed E-state index contributed by atoms with van der Waals surface area (Å²) in [6.07, 6.45) is 7.96. The first-order chi connectivity index (χ1) is 7.18. The molecular formula is C11H19N3O. The fourth-order valence-corrected chi connectivity index (χ4v) is 1.92. The van der Waals surface area contributed by atoms with Gasteiger partial charge in [-0.1, -0.05) is 0 Å². The van der Waals surface area contributed by atoms with Gasteiger partial charge in [0.25, 0.3) is 0 Å². The van der Waals surface area contributed by atoms with Crippen molar-refractivity contribution in [3.8, 4) is 0 Å². The van der Waals surface area contributed by atoms with Crippen LogP contribution in [0.15, 0.2) is 12.4 Å². The van der Waals surface area contributed by atoms with Gasteiger partial charge in [0.2, 0.25) is 0 Å². The highest BCUT2D eigenvalue weighted by Gasteiger charge is 2.33. The molecule has 0 atom stereocenters. The molecule has 1 aromatic rings. The zero-order valence-corrected chi connectivity index (χ0v) is 9.24. The first-order valence-corrected chi connectivity index (χ1v) is 5.59. The molecule has 2 rings (SSSR count). The predicted octanol–water partition coefficient (Wildman–Crippen LogP) is 0.467. The summed E-state index contributed by atoms with van der Waals surface area (Å²) >= 11 is 0. The van der Waals surface area contributed by atoms with Gasteiger partial charge in [0.15, 0.2) is 0 Å². The maximum Gasteiger partial charge on any atom is 0.0771 e. The van der Waals surface area contributed by atoms with Gasteiger partial charge in [-0.3, -0.25) is 4.68 Å². The van der Waals surface area contributed by atoms with E-state index in [0.717, 1.165) is 32.4 Å². The number of aromatic nitrogens is 2. The van der Waals surface area contributed by atoms with Gasteiger partial charge in [-0.2, -0.15) is 5.10 Å². The van der Waals surface area contributed by atoms with Crippen LogP contribution in [0.25, 0.3) is 0 Å². The van der Waals surface area contributed by atoms with Crippen LogP contribution in [0.3, 0.4) is 0 Å². The normalized spacial score (nSPS) is 18.8. The Morgan fingerprint density at radius 3 is 2.93 bits per heavy atom. The van der Waals surface area contributed by atoms with E-state index in [-0.39, 0.29) is 0 Å². The van der Waals surface area contributed by atoms with Crippen molar-refractivity contribution in [1.82, 2.24) is 15.1 Å². The third kappa shape index (κ3) is 2.79. The molecule has 84 valence electrons. The molecule has 15 heavy (non-hydrogen) atoms. The van der Waals surface area contributed by atoms with Crippen LogP contribution in [-0.4, -0.2) is 33.6 Å². The molecule has 1 aliphatic carbocycles. The molecule has 0 unspecified atom stereocenters. The number of nitrogens with one attached hydrogen (secondary N) is 1. The summed E-state index contributed by atoms with van der Waals surface area (Å²) in [5, 5.41) is 17.2. The van der Waals surface area contributed by atoms with E-state index in [9.17, 15) is 5.11 Å². The lowest BCUT2D eigenvalue weighted by molar-refractivity contribution is -0.0310. The van der Waals surface area contributed by atoms with Crippen LogP contribution in [0, 0.1) is 0 Å². The summed E-state index contributed by atoms with van der Waals surface area (Å²) in [6.45, 7) is 1.64. The molecule has 1 heterocycles. The highest BCUT2D eigenvalue weighted by Crippen LogP contribution is 2.30. The number of rotatable bonds is 5. The molecule has 1 aromatic heterocycles. The molecule has 0 spiro atoms. The van der Waals surface area contributed by atoms with E-state index in [2.05, 4.69) is 10.4 Å². The van der Waals surface area contributed by atoms with Gasteiger partial charge in [0.05, 0.1) is 11.8 Å². The summed E-state index contributed by atoms with van der Waals surface area (Å²) in [5.41, 5.74) is 0.833. The fraction of sp³-hybridized carbons (Fsp3) is 0.727. The molecule has 0 bridgehead atoms. The van der Waals surface area contributed by atoms with Gasteiger partial charge in [0.1, 0.15) is 0 Å². The Labute approximate surface area is 90.3 Å². The molecule has 0 amide bonds. The Morgan fingerprint density at radius 2 is 2.40 bits per heavy atom. The van der Waals surface area contributed by atoms with Crippen LogP contribution in [0.1, 0.15) is 24.8 Å². The van der Waals surface area contributed by atoms with Crippen molar-refractivity contribution in [2.75, 3.05) is 13.1 Å². The van der Waals surface area contributed by atoms with Gasteiger partial charge < -0.3 is 10.4 Å². The Hall–Kier alpha value is -0.870. The molecule has 0 saturated heterocycles. The van der Waals surface area contributed by atoms with Crippen LogP contribution in [0.5, 0.6) is 0 Å². The minimum absolute atomic E-state index is 0.408. The van der Waals surface area contributed by atoms with Gasteiger partial charge in [-0.05, 0) is 37.8 Å². The molecule has 1 saturated carbocycles. The lowest BCUT2D eigenvalue weighted by atomic mass is 9.80. The Balaban J connectivity index is 1.63. The minimum Gasteiger partial charge on any atom is -0.389 e. The number of hydrogen-bond acceptors (Lipinski definition) is 3. The predicted molar refractivity (Wildman–Crippen MR) is 58.6 cm³/mol. The molecular weight excluding hydrogens is 190 g/mol. The van der Waals surface area contributed by atoms with E-state index in [4.69, 9.17) is 0 Å². The number of aliphatic hydroxyl groups is 1. The summed E-state index contributed by atoms with van der Waals surface area (Å²) < 4.78 is 1.81. The second kappa shape index (κ2) is 4.33. The van der Waals surface area contributed by atoms with Crippen LogP contribution < -0.4 is 5.32 Å². The van der Waals surface area contributed by atoms with Crippen molar-refractivity contribution in [2.45, 2.75) is 31.3 Å². The second-order valence-electron chi connectivity index (χ2n) is 4.53. The largest absolute Gasteiger partial charge is 0.389 e. The van der Waals surface area contributed by atoms with E-state index >= 15 is 0 Å². The second-order valence-corrected chi connectivity index (χ2v) is 4.53. The average molecular weight is 209 g/mol. The maximum atomic E-state index is 9.83. The summed E-state index contributed by atoms with van der Waals surface area (Å²) in [7, 11) is 1.92. The van der Waals surface area contributed by atoms with Crippen LogP contribution in [0.2, 0.25) is 0 Å². The zero-order valence-electron chi connectivity index (χ0n) is 9.24. The van der Waals surface area contributed by atoms with Gasteiger partial charge >= 0.3 is 0 Å². The SMILES string of the molecule is Cn1cc(CCNCC2(O)CCC2)cn1. The number of hydrogen-bond donors (Lipinski definition) is 2. The minimum atomic E-state index is -0.408. The standard InChI is InChI=1S/C11H19N3O/c1-14-8-10(7-13-14)3-6-12-9-11(15)4-2-5-11/h7-8,12,15H,2-6,9H2,1H3. The third-order valence-electron chi connectivity index (χ3n) is 3.09. The van der Waals surface area contributed by atoms with Crippen molar-refractivity contribution < 1.29 is 5.11 Å². The molecule has 1 fully saturated rings. The summed E-state index contributed by atoms with van der Waals surface area (Å²) in [4.78, 5) is 0. The highest BCUT2D eigenvalue weighted by molar-refractivity contribution is 5.04. The number of nitrogens with zero attached hydrogens (tertiary/aromatic N) is 2. The maximum absolute atomic E-state index is 9.83. The van der Waals surface area contributed by atoms with Crippen molar-refractivity contribution >= 4 is 0 Å². The third-order valence-corrected chi connectivity index (χ3v) is 3.09. The summed E-state index contributed by atoms with van der Waals surface area (Å²) in [5.74, 6) is 0. The highest BCUT2D eigenvalue weighted by atomic mass is 16.3. The molecule has 0 aliphatic heterocycles. The molecule has 4 nitrogen and oxygen atoms in total. The zero-order chi connectivity index (χ0) is 10.7. The van der Waals surface area contributed by atoms with E-state index in [1.807, 2.05) is 24.1 Å². The van der Waals surface area contributed by atoms with Gasteiger partial charge in [0, 0.05) is 19.8 Å². The van der Waals surface area contributed by atoms with Crippen LogP contribution in [0.4, 0.5) is 0 Å². The van der Waals surface area contributed by atoms with Crippen molar-refractivity contribution in [2.24, 2.45) is 7.05 Å². The van der Waals surface area contributed by atoms with Crippen molar-refractivity contribution in [3.05, 3.63) is 18.0 Å². The molecule has 2 N–H and O–H groups in total. The van der Waals surface area contributed by atoms with E-state index < -0.39 is 5.60 Å². The van der Waals surface area contributed by atoms with Crippen molar-refractivity contribution in [1.29, 1.82) is 0 Å². The van der Waals surface area contributed by atoms with E-state index in [1.165, 1.54) is 12.0 Å². The molecule has 4 heteroatoms. The average Bonchev–Trinajstić information content (AvgIpc) is 2.56. The molecule has 0 aromatic carbocycles. The lowest BCUT2D eigenvalue weighted by Crippen LogP contribution is -2.46. The Kier molecular flexibility index (Phi) is 3.07.